The Morgan fingerprint density at radius 3 is 2.44 bits per heavy atom. The molecule has 1 amide bonds. The zero-order valence-corrected chi connectivity index (χ0v) is 11.0. The van der Waals surface area contributed by atoms with Crippen LogP contribution in [-0.2, 0) is 0 Å². The van der Waals surface area contributed by atoms with Gasteiger partial charge in [0.25, 0.3) is 5.91 Å². The van der Waals surface area contributed by atoms with Gasteiger partial charge >= 0.3 is 6.18 Å². The third-order valence-corrected chi connectivity index (χ3v) is 3.35. The largest absolute Gasteiger partial charge is 0.408 e. The van der Waals surface area contributed by atoms with E-state index >= 15 is 0 Å². The number of aromatic nitrogens is 2. The van der Waals surface area contributed by atoms with Crippen LogP contribution in [0.2, 0.25) is 0 Å². The molecule has 0 aliphatic heterocycles. The number of aromatic amines is 1. The predicted octanol–water partition coefficient (Wildman–Crippen LogP) is 2.62. The van der Waals surface area contributed by atoms with Crippen LogP contribution in [0.15, 0.2) is 9.21 Å². The van der Waals surface area contributed by atoms with Gasteiger partial charge in [-0.05, 0) is 38.8 Å². The van der Waals surface area contributed by atoms with E-state index in [1.807, 2.05) is 0 Å². The average Bonchev–Trinajstić information content (AvgIpc) is 2.45. The van der Waals surface area contributed by atoms with Gasteiger partial charge in [-0.15, -0.1) is 0 Å². The Labute approximate surface area is 105 Å². The molecule has 0 radical (unpaired) electrons. The smallest absolute Gasteiger partial charge is 0.338 e. The van der Waals surface area contributed by atoms with Gasteiger partial charge in [0.05, 0.1) is 0 Å². The molecule has 4 nitrogen and oxygen atoms in total. The van der Waals surface area contributed by atoms with Gasteiger partial charge in [0.1, 0.15) is 15.2 Å². The molecule has 0 fully saturated rings. The summed E-state index contributed by atoms with van der Waals surface area (Å²) in [5, 5.41) is 1.78. The Bertz CT molecular complexity index is 385. The standard InChI is InChI=1S/C7H6Br2F3N3O/c1-2(7(10,11)12)13-6(16)5-14-3(8)4(9)15-5/h2H,1H3,(H,13,16)(H,14,15). The van der Waals surface area contributed by atoms with Crippen molar-refractivity contribution < 1.29 is 18.0 Å². The van der Waals surface area contributed by atoms with E-state index in [4.69, 9.17) is 0 Å². The molecule has 0 bridgehead atoms. The normalized spacial score (nSPS) is 13.6. The van der Waals surface area contributed by atoms with Crippen LogP contribution in [0.3, 0.4) is 0 Å². The number of halogens is 5. The van der Waals surface area contributed by atoms with Crippen molar-refractivity contribution in [3.63, 3.8) is 0 Å². The second-order valence-electron chi connectivity index (χ2n) is 2.93. The van der Waals surface area contributed by atoms with Crippen molar-refractivity contribution in [3.8, 4) is 0 Å². The minimum atomic E-state index is -4.48. The summed E-state index contributed by atoms with van der Waals surface area (Å²) >= 11 is 6.02. The first-order valence-electron chi connectivity index (χ1n) is 4.00. The number of alkyl halides is 3. The minimum absolute atomic E-state index is 0.199. The van der Waals surface area contributed by atoms with Gasteiger partial charge in [0, 0.05) is 0 Å². The van der Waals surface area contributed by atoms with Gasteiger partial charge < -0.3 is 10.3 Å². The zero-order valence-electron chi connectivity index (χ0n) is 7.82. The molecule has 0 saturated heterocycles. The van der Waals surface area contributed by atoms with Crippen molar-refractivity contribution >= 4 is 37.8 Å². The molecule has 0 saturated carbocycles. The van der Waals surface area contributed by atoms with Gasteiger partial charge in [-0.25, -0.2) is 4.98 Å². The lowest BCUT2D eigenvalue weighted by Crippen LogP contribution is -2.43. The highest BCUT2D eigenvalue weighted by Gasteiger charge is 2.37. The van der Waals surface area contributed by atoms with E-state index in [1.54, 1.807) is 5.32 Å². The molecule has 1 aromatic rings. The average molecular weight is 365 g/mol. The number of rotatable bonds is 2. The molecule has 0 aliphatic carbocycles. The minimum Gasteiger partial charge on any atom is -0.338 e. The molecule has 1 atom stereocenters. The first-order valence-corrected chi connectivity index (χ1v) is 5.59. The summed E-state index contributed by atoms with van der Waals surface area (Å²) in [6.07, 6.45) is -4.48. The quantitative estimate of drug-likeness (QED) is 0.847. The lowest BCUT2D eigenvalue weighted by atomic mass is 10.3. The van der Waals surface area contributed by atoms with Crippen LogP contribution in [0.1, 0.15) is 17.5 Å². The number of imidazole rings is 1. The van der Waals surface area contributed by atoms with Crippen LogP contribution < -0.4 is 5.32 Å². The predicted molar refractivity (Wildman–Crippen MR) is 57.0 cm³/mol. The molecule has 1 aromatic heterocycles. The summed E-state index contributed by atoms with van der Waals surface area (Å²) in [5.74, 6) is -1.12. The molecule has 0 aromatic carbocycles. The number of amides is 1. The SMILES string of the molecule is CC(NC(=O)c1nc(Br)c(Br)[nH]1)C(F)(F)F. The molecule has 9 heteroatoms. The lowest BCUT2D eigenvalue weighted by molar-refractivity contribution is -0.149. The number of carbonyl (C=O) groups excluding carboxylic acids is 1. The van der Waals surface area contributed by atoms with Gasteiger partial charge in [0.15, 0.2) is 5.82 Å². The van der Waals surface area contributed by atoms with Crippen molar-refractivity contribution in [3.05, 3.63) is 15.0 Å². The van der Waals surface area contributed by atoms with Crippen LogP contribution in [0.5, 0.6) is 0 Å². The van der Waals surface area contributed by atoms with Crippen molar-refractivity contribution in [2.24, 2.45) is 0 Å². The van der Waals surface area contributed by atoms with Crippen LogP contribution in [0, 0.1) is 0 Å². The second kappa shape index (κ2) is 4.74. The second-order valence-corrected chi connectivity index (χ2v) is 4.47. The van der Waals surface area contributed by atoms with Crippen molar-refractivity contribution in [1.82, 2.24) is 15.3 Å². The Hall–Kier alpha value is -0.570. The molecule has 90 valence electrons. The summed E-state index contributed by atoms with van der Waals surface area (Å²) in [7, 11) is 0. The van der Waals surface area contributed by atoms with Gasteiger partial charge in [-0.2, -0.15) is 13.2 Å². The number of hydrogen-bond donors (Lipinski definition) is 2. The molecule has 16 heavy (non-hydrogen) atoms. The summed E-state index contributed by atoms with van der Waals surface area (Å²) in [6.45, 7) is 0.852. The number of hydrogen-bond acceptors (Lipinski definition) is 2. The Kier molecular flexibility index (Phi) is 4.00. The fourth-order valence-electron chi connectivity index (χ4n) is 0.785. The van der Waals surface area contributed by atoms with Gasteiger partial charge in [-0.1, -0.05) is 0 Å². The molecular weight excluding hydrogens is 359 g/mol. The van der Waals surface area contributed by atoms with Gasteiger partial charge in [-0.3, -0.25) is 4.79 Å². The summed E-state index contributed by atoms with van der Waals surface area (Å²) in [5.41, 5.74) is 0. The summed E-state index contributed by atoms with van der Waals surface area (Å²) in [4.78, 5) is 17.5. The molecule has 0 spiro atoms. The maximum Gasteiger partial charge on any atom is 0.408 e. The summed E-state index contributed by atoms with van der Waals surface area (Å²) in [6, 6.07) is -1.93. The highest BCUT2D eigenvalue weighted by molar-refractivity contribution is 9.13. The monoisotopic (exact) mass is 363 g/mol. The van der Waals surface area contributed by atoms with Crippen LogP contribution >= 0.6 is 31.9 Å². The molecule has 0 aliphatic rings. The fraction of sp³-hybridized carbons (Fsp3) is 0.429. The number of nitrogens with one attached hydrogen (secondary N) is 2. The highest BCUT2D eigenvalue weighted by Crippen LogP contribution is 2.21. The van der Waals surface area contributed by atoms with E-state index in [0.29, 0.717) is 9.21 Å². The van der Waals surface area contributed by atoms with E-state index < -0.39 is 18.1 Å². The number of carbonyl (C=O) groups is 1. The topological polar surface area (TPSA) is 57.8 Å². The molecule has 2 N–H and O–H groups in total. The van der Waals surface area contributed by atoms with E-state index in [9.17, 15) is 18.0 Å². The Balaban J connectivity index is 2.73. The van der Waals surface area contributed by atoms with Crippen LogP contribution in [-0.4, -0.2) is 28.1 Å². The number of nitrogens with zero attached hydrogens (tertiary/aromatic N) is 1. The van der Waals surface area contributed by atoms with E-state index in [1.165, 1.54) is 0 Å². The first-order chi connectivity index (χ1) is 7.21. The lowest BCUT2D eigenvalue weighted by Gasteiger charge is -2.16. The maximum atomic E-state index is 12.1. The first kappa shape index (κ1) is 13.5. The van der Waals surface area contributed by atoms with Gasteiger partial charge in [0.2, 0.25) is 0 Å². The Morgan fingerprint density at radius 1 is 1.50 bits per heavy atom. The molecule has 1 heterocycles. The maximum absolute atomic E-state index is 12.1. The third-order valence-electron chi connectivity index (χ3n) is 1.67. The van der Waals surface area contributed by atoms with E-state index in [2.05, 4.69) is 41.8 Å². The third kappa shape index (κ3) is 3.21. The fourth-order valence-corrected chi connectivity index (χ4v) is 1.34. The van der Waals surface area contributed by atoms with E-state index in [0.717, 1.165) is 6.92 Å². The van der Waals surface area contributed by atoms with Crippen LogP contribution in [0.25, 0.3) is 0 Å². The van der Waals surface area contributed by atoms with E-state index in [-0.39, 0.29) is 5.82 Å². The molecule has 1 rings (SSSR count). The van der Waals surface area contributed by atoms with Crippen molar-refractivity contribution in [2.45, 2.75) is 19.1 Å². The van der Waals surface area contributed by atoms with Crippen molar-refractivity contribution in [2.75, 3.05) is 0 Å². The zero-order chi connectivity index (χ0) is 12.5. The van der Waals surface area contributed by atoms with Crippen LogP contribution in [0.4, 0.5) is 13.2 Å². The van der Waals surface area contributed by atoms with Crippen molar-refractivity contribution in [1.29, 1.82) is 0 Å². The molecular formula is C7H6Br2F3N3O. The molecule has 1 unspecified atom stereocenters. The Morgan fingerprint density at radius 2 is 2.06 bits per heavy atom. The summed E-state index contributed by atoms with van der Waals surface area (Å²) < 4.78 is 37.1. The highest BCUT2D eigenvalue weighted by atomic mass is 79.9. The number of H-pyrrole nitrogens is 1.